The van der Waals surface area contributed by atoms with Gasteiger partial charge < -0.3 is 4.90 Å². The zero-order valence-electron chi connectivity index (χ0n) is 16.0. The molecule has 1 heterocycles. The Morgan fingerprint density at radius 3 is 2.46 bits per heavy atom. The first-order chi connectivity index (χ1) is 13.5. The van der Waals surface area contributed by atoms with Crippen LogP contribution in [0.2, 0.25) is 0 Å². The highest BCUT2D eigenvalue weighted by atomic mass is 16.6. The summed E-state index contributed by atoms with van der Waals surface area (Å²) in [6, 6.07) is 14.8. The molecule has 6 nitrogen and oxygen atoms in total. The van der Waals surface area contributed by atoms with Crippen LogP contribution in [0.4, 0.5) is 5.69 Å². The van der Waals surface area contributed by atoms with Crippen molar-refractivity contribution in [1.82, 2.24) is 9.80 Å². The standard InChI is InChI=1S/C22H24N4O2/c1-18-16-20(17-23)2-5-21(18)9-11-25-14-12-24(13-15-25)10-8-19-3-6-22(7-4-19)26(27)28/h2-7,9,11,16H,8,10,12-15H2,1H3. The molecule has 0 spiro atoms. The molecule has 0 bridgehead atoms. The van der Waals surface area contributed by atoms with E-state index in [4.69, 9.17) is 5.26 Å². The Morgan fingerprint density at radius 1 is 1.14 bits per heavy atom. The van der Waals surface area contributed by atoms with Crippen LogP contribution in [-0.4, -0.2) is 47.4 Å². The molecule has 0 saturated carbocycles. The van der Waals surface area contributed by atoms with Crippen LogP contribution in [0.15, 0.2) is 48.7 Å². The number of rotatable bonds is 6. The fraction of sp³-hybridized carbons (Fsp3) is 0.318. The van der Waals surface area contributed by atoms with E-state index >= 15 is 0 Å². The smallest absolute Gasteiger partial charge is 0.269 e. The Balaban J connectivity index is 1.45. The highest BCUT2D eigenvalue weighted by molar-refractivity contribution is 5.55. The molecule has 3 rings (SSSR count). The number of piperazine rings is 1. The number of nitrogens with zero attached hydrogens (tertiary/aromatic N) is 4. The number of hydrogen-bond donors (Lipinski definition) is 0. The summed E-state index contributed by atoms with van der Waals surface area (Å²) in [7, 11) is 0. The molecule has 1 aliphatic rings. The van der Waals surface area contributed by atoms with E-state index in [1.165, 1.54) is 0 Å². The van der Waals surface area contributed by atoms with Gasteiger partial charge in [0.2, 0.25) is 0 Å². The molecule has 6 heteroatoms. The molecule has 0 radical (unpaired) electrons. The first-order valence-corrected chi connectivity index (χ1v) is 9.44. The minimum atomic E-state index is -0.365. The van der Waals surface area contributed by atoms with Crippen LogP contribution in [0.25, 0.3) is 6.08 Å². The third-order valence-corrected chi connectivity index (χ3v) is 5.13. The van der Waals surface area contributed by atoms with Crippen molar-refractivity contribution >= 4 is 11.8 Å². The zero-order chi connectivity index (χ0) is 19.9. The van der Waals surface area contributed by atoms with Gasteiger partial charge in [0.1, 0.15) is 0 Å². The van der Waals surface area contributed by atoms with Crippen molar-refractivity contribution in [2.45, 2.75) is 13.3 Å². The first-order valence-electron chi connectivity index (χ1n) is 9.44. The second kappa shape index (κ2) is 9.16. The molecule has 1 aliphatic heterocycles. The van der Waals surface area contributed by atoms with Gasteiger partial charge in [-0.05, 0) is 54.4 Å². The van der Waals surface area contributed by atoms with Crippen LogP contribution in [0, 0.1) is 28.4 Å². The largest absolute Gasteiger partial charge is 0.375 e. The Hall–Kier alpha value is -3.17. The van der Waals surface area contributed by atoms with Crippen molar-refractivity contribution in [1.29, 1.82) is 5.26 Å². The second-order valence-corrected chi connectivity index (χ2v) is 7.05. The average Bonchev–Trinajstić information content (AvgIpc) is 2.72. The zero-order valence-corrected chi connectivity index (χ0v) is 16.0. The summed E-state index contributed by atoms with van der Waals surface area (Å²) in [5.41, 5.74) is 4.21. The monoisotopic (exact) mass is 376 g/mol. The number of non-ortho nitro benzene ring substituents is 1. The van der Waals surface area contributed by atoms with Crippen molar-refractivity contribution in [3.63, 3.8) is 0 Å². The van der Waals surface area contributed by atoms with Crippen molar-refractivity contribution in [3.8, 4) is 6.07 Å². The third-order valence-electron chi connectivity index (χ3n) is 5.13. The van der Waals surface area contributed by atoms with Crippen LogP contribution in [0.5, 0.6) is 0 Å². The lowest BCUT2D eigenvalue weighted by molar-refractivity contribution is -0.384. The van der Waals surface area contributed by atoms with Gasteiger partial charge in [-0.25, -0.2) is 0 Å². The lowest BCUT2D eigenvalue weighted by atomic mass is 10.1. The topological polar surface area (TPSA) is 73.4 Å². The van der Waals surface area contributed by atoms with Gasteiger partial charge in [-0.2, -0.15) is 5.26 Å². The fourth-order valence-electron chi connectivity index (χ4n) is 3.33. The van der Waals surface area contributed by atoms with Crippen molar-refractivity contribution < 1.29 is 4.92 Å². The minimum Gasteiger partial charge on any atom is -0.375 e. The molecule has 1 saturated heterocycles. The van der Waals surface area contributed by atoms with E-state index in [9.17, 15) is 10.1 Å². The number of benzene rings is 2. The first kappa shape index (κ1) is 19.6. The van der Waals surface area contributed by atoms with Gasteiger partial charge in [0, 0.05) is 44.9 Å². The van der Waals surface area contributed by atoms with E-state index < -0.39 is 0 Å². The van der Waals surface area contributed by atoms with Gasteiger partial charge in [-0.15, -0.1) is 0 Å². The van der Waals surface area contributed by atoms with Crippen LogP contribution in [-0.2, 0) is 6.42 Å². The lowest BCUT2D eigenvalue weighted by Gasteiger charge is -2.34. The molecule has 0 aromatic heterocycles. The van der Waals surface area contributed by atoms with Gasteiger partial charge in [0.15, 0.2) is 0 Å². The molecule has 2 aromatic rings. The highest BCUT2D eigenvalue weighted by Crippen LogP contribution is 2.15. The van der Waals surface area contributed by atoms with E-state index in [-0.39, 0.29) is 10.6 Å². The molecule has 1 fully saturated rings. The van der Waals surface area contributed by atoms with E-state index in [0.29, 0.717) is 5.56 Å². The highest BCUT2D eigenvalue weighted by Gasteiger charge is 2.14. The maximum Gasteiger partial charge on any atom is 0.269 e. The van der Waals surface area contributed by atoms with Gasteiger partial charge in [0.05, 0.1) is 16.6 Å². The molecular formula is C22H24N4O2. The van der Waals surface area contributed by atoms with E-state index in [1.807, 2.05) is 37.3 Å². The summed E-state index contributed by atoms with van der Waals surface area (Å²) < 4.78 is 0. The fourth-order valence-corrected chi connectivity index (χ4v) is 3.33. The minimum absolute atomic E-state index is 0.140. The van der Waals surface area contributed by atoms with Crippen molar-refractivity contribution in [3.05, 3.63) is 81.0 Å². The van der Waals surface area contributed by atoms with Crippen molar-refractivity contribution in [2.75, 3.05) is 32.7 Å². The number of hydrogen-bond acceptors (Lipinski definition) is 5. The molecule has 0 unspecified atom stereocenters. The van der Waals surface area contributed by atoms with Gasteiger partial charge >= 0.3 is 0 Å². The Morgan fingerprint density at radius 2 is 1.86 bits per heavy atom. The predicted molar refractivity (Wildman–Crippen MR) is 110 cm³/mol. The SMILES string of the molecule is Cc1cc(C#N)ccc1C=CN1CCN(CCc2ccc([N+](=O)[O-])cc2)CC1. The van der Waals surface area contributed by atoms with Gasteiger partial charge in [0.25, 0.3) is 5.69 Å². The number of nitriles is 1. The Kier molecular flexibility index (Phi) is 6.41. The van der Waals surface area contributed by atoms with E-state index in [0.717, 1.165) is 55.8 Å². The van der Waals surface area contributed by atoms with Crippen molar-refractivity contribution in [2.24, 2.45) is 0 Å². The van der Waals surface area contributed by atoms with Crippen LogP contribution >= 0.6 is 0 Å². The summed E-state index contributed by atoms with van der Waals surface area (Å²) in [5.74, 6) is 0. The lowest BCUT2D eigenvalue weighted by Crippen LogP contribution is -2.44. The molecule has 28 heavy (non-hydrogen) atoms. The summed E-state index contributed by atoms with van der Waals surface area (Å²) >= 11 is 0. The summed E-state index contributed by atoms with van der Waals surface area (Å²) in [6.45, 7) is 6.95. The Bertz CT molecular complexity index is 892. The summed E-state index contributed by atoms with van der Waals surface area (Å²) in [4.78, 5) is 15.1. The number of nitro groups is 1. The molecule has 0 amide bonds. The molecule has 144 valence electrons. The third kappa shape index (κ3) is 5.18. The average molecular weight is 376 g/mol. The molecule has 2 aromatic carbocycles. The number of nitro benzene ring substituents is 1. The summed E-state index contributed by atoms with van der Waals surface area (Å²) in [5, 5.41) is 19.7. The van der Waals surface area contributed by atoms with Gasteiger partial charge in [-0.1, -0.05) is 18.2 Å². The molecule has 0 atom stereocenters. The van der Waals surface area contributed by atoms with Gasteiger partial charge in [-0.3, -0.25) is 15.0 Å². The molecular weight excluding hydrogens is 352 g/mol. The summed E-state index contributed by atoms with van der Waals surface area (Å²) in [6.07, 6.45) is 5.16. The predicted octanol–water partition coefficient (Wildman–Crippen LogP) is 3.61. The van der Waals surface area contributed by atoms with Crippen LogP contribution in [0.1, 0.15) is 22.3 Å². The second-order valence-electron chi connectivity index (χ2n) is 7.05. The van der Waals surface area contributed by atoms with E-state index in [2.05, 4.69) is 28.1 Å². The van der Waals surface area contributed by atoms with Crippen LogP contribution in [0.3, 0.4) is 0 Å². The maximum atomic E-state index is 10.7. The molecule has 0 aliphatic carbocycles. The molecule has 0 N–H and O–H groups in total. The number of aryl methyl sites for hydroxylation is 1. The Labute approximate surface area is 165 Å². The normalized spacial score (nSPS) is 14.9. The quantitative estimate of drug-likeness (QED) is 0.569. The van der Waals surface area contributed by atoms with Crippen LogP contribution < -0.4 is 0 Å². The maximum absolute atomic E-state index is 10.7. The van der Waals surface area contributed by atoms with E-state index in [1.54, 1.807) is 12.1 Å².